The molecule has 2 aliphatic heterocycles. The van der Waals surface area contributed by atoms with E-state index in [0.29, 0.717) is 23.8 Å². The van der Waals surface area contributed by atoms with Gasteiger partial charge in [-0.2, -0.15) is 0 Å². The molecule has 1 N–H and O–H groups in total. The molecule has 0 unspecified atom stereocenters. The van der Waals surface area contributed by atoms with Crippen LogP contribution >= 0.6 is 0 Å². The summed E-state index contributed by atoms with van der Waals surface area (Å²) in [6.45, 7) is 0. The Labute approximate surface area is 252 Å². The fourth-order valence-corrected chi connectivity index (χ4v) is 9.91. The minimum Gasteiger partial charge on any atom is -0.507 e. The van der Waals surface area contributed by atoms with Crippen molar-refractivity contribution < 1.29 is 24.3 Å². The van der Waals surface area contributed by atoms with Crippen molar-refractivity contribution in [1.29, 1.82) is 0 Å². The van der Waals surface area contributed by atoms with Crippen LogP contribution in [0.4, 0.5) is 0 Å². The Kier molecular flexibility index (Phi) is 6.50. The highest BCUT2D eigenvalue weighted by Crippen LogP contribution is 2.60. The number of hydrogen-bond acceptors (Lipinski definition) is 5. The number of imide groups is 2. The molecule has 2 saturated heterocycles. The van der Waals surface area contributed by atoms with Crippen molar-refractivity contribution in [3.8, 4) is 5.75 Å². The molecule has 2 aromatic rings. The first-order valence-corrected chi connectivity index (χ1v) is 16.6. The van der Waals surface area contributed by atoms with E-state index in [0.717, 1.165) is 75.2 Å². The fraction of sp³-hybridized carbons (Fsp3) is 0.556. The number of allylic oxidation sites excluding steroid dienone is 2. The smallest absolute Gasteiger partial charge is 0.234 e. The number of phenolic OH excluding ortho intramolecular Hbond substituents is 1. The second-order valence-electron chi connectivity index (χ2n) is 13.9. The highest BCUT2D eigenvalue weighted by molar-refractivity contribution is 6.08. The first-order valence-electron chi connectivity index (χ1n) is 16.6. The van der Waals surface area contributed by atoms with Gasteiger partial charge in [0.25, 0.3) is 0 Å². The van der Waals surface area contributed by atoms with Crippen molar-refractivity contribution in [1.82, 2.24) is 9.80 Å². The maximum atomic E-state index is 14.4. The van der Waals surface area contributed by atoms with E-state index in [1.807, 2.05) is 36.4 Å². The average Bonchev–Trinajstić information content (AvgIpc) is 3.45. The molecule has 0 bridgehead atoms. The Balaban J connectivity index is 1.24. The molecule has 0 radical (unpaired) electrons. The van der Waals surface area contributed by atoms with Crippen molar-refractivity contribution in [2.45, 2.75) is 95.1 Å². The van der Waals surface area contributed by atoms with E-state index in [1.54, 1.807) is 9.80 Å². The lowest BCUT2D eigenvalue weighted by Gasteiger charge is -2.44. The molecule has 224 valence electrons. The predicted molar refractivity (Wildman–Crippen MR) is 161 cm³/mol. The lowest BCUT2D eigenvalue weighted by atomic mass is 9.57. The van der Waals surface area contributed by atoms with Crippen LogP contribution in [-0.2, 0) is 19.2 Å². The third kappa shape index (κ3) is 3.99. The van der Waals surface area contributed by atoms with E-state index in [1.165, 1.54) is 0 Å². The number of aromatic hydroxyl groups is 1. The lowest BCUT2D eigenvalue weighted by Crippen LogP contribution is -2.44. The van der Waals surface area contributed by atoms with Crippen molar-refractivity contribution >= 4 is 34.4 Å². The van der Waals surface area contributed by atoms with Crippen LogP contribution in [-0.4, -0.2) is 50.6 Å². The zero-order chi connectivity index (χ0) is 29.4. The number of carbonyl (C=O) groups is 4. The largest absolute Gasteiger partial charge is 0.507 e. The fourth-order valence-electron chi connectivity index (χ4n) is 9.91. The van der Waals surface area contributed by atoms with Crippen molar-refractivity contribution in [2.24, 2.45) is 29.6 Å². The van der Waals surface area contributed by atoms with Crippen molar-refractivity contribution in [3.63, 3.8) is 0 Å². The summed E-state index contributed by atoms with van der Waals surface area (Å²) >= 11 is 0. The molecule has 43 heavy (non-hydrogen) atoms. The highest BCUT2D eigenvalue weighted by Gasteiger charge is 2.63. The molecule has 2 heterocycles. The third-order valence-electron chi connectivity index (χ3n) is 11.9. The summed E-state index contributed by atoms with van der Waals surface area (Å²) in [6, 6.07) is 11.4. The molecule has 7 heteroatoms. The number of likely N-dealkylation sites (tertiary alicyclic amines) is 2. The Hall–Kier alpha value is -3.48. The van der Waals surface area contributed by atoms with Crippen LogP contribution in [0.5, 0.6) is 5.75 Å². The number of hydrogen-bond donors (Lipinski definition) is 1. The van der Waals surface area contributed by atoms with Crippen LogP contribution in [0.2, 0.25) is 0 Å². The molecule has 3 saturated carbocycles. The average molecular weight is 581 g/mol. The second-order valence-corrected chi connectivity index (χ2v) is 13.9. The van der Waals surface area contributed by atoms with E-state index < -0.39 is 29.6 Å². The van der Waals surface area contributed by atoms with Crippen LogP contribution in [0.3, 0.4) is 0 Å². The third-order valence-corrected chi connectivity index (χ3v) is 11.9. The first-order chi connectivity index (χ1) is 21.0. The quantitative estimate of drug-likeness (QED) is 0.363. The Morgan fingerprint density at radius 3 is 1.91 bits per heavy atom. The molecule has 6 aliphatic rings. The Morgan fingerprint density at radius 1 is 0.628 bits per heavy atom. The summed E-state index contributed by atoms with van der Waals surface area (Å²) in [5.41, 5.74) is 1.61. The maximum absolute atomic E-state index is 14.4. The predicted octanol–water partition coefficient (Wildman–Crippen LogP) is 5.85. The van der Waals surface area contributed by atoms with Crippen LogP contribution in [0.1, 0.15) is 88.5 Å². The van der Waals surface area contributed by atoms with Gasteiger partial charge in [-0.15, -0.1) is 0 Å². The van der Waals surface area contributed by atoms with Gasteiger partial charge in [0.05, 0.1) is 23.7 Å². The summed E-state index contributed by atoms with van der Waals surface area (Å²) in [5.74, 6) is -3.14. The molecular formula is C36H40N2O5. The second kappa shape index (κ2) is 10.3. The van der Waals surface area contributed by atoms with E-state index in [9.17, 15) is 24.3 Å². The van der Waals surface area contributed by atoms with E-state index in [-0.39, 0.29) is 47.4 Å². The number of phenols is 1. The SMILES string of the molecule is O=C1[C@H]2[C@H](CC=C3[C@H]2C[C@H]2C(=O)N(C4CCCCC4)C(=O)[C@H]2[C@H]3c2ccc3ccccc3c2O)C(=O)N1C1CCCCC1. The number of rotatable bonds is 3. The highest BCUT2D eigenvalue weighted by atomic mass is 16.3. The van der Waals surface area contributed by atoms with Gasteiger partial charge in [0.2, 0.25) is 23.6 Å². The first kappa shape index (κ1) is 27.1. The number of nitrogens with zero attached hydrogens (tertiary/aromatic N) is 2. The standard InChI is InChI=1S/C36H40N2O5/c39-32-23-14-8-7-9-20(23)15-16-25(32)29-24-17-18-26-30(35(42)37(33(26)40)21-10-3-1-4-11-21)27(24)19-28-31(29)36(43)38(34(28)41)22-12-5-2-6-13-22/h7-9,14-17,21-22,26-31,39H,1-6,10-13,18-19H2/t26-,27+,28+,29+,30-,31+/m0/s1. The number of benzene rings is 2. The zero-order valence-electron chi connectivity index (χ0n) is 24.6. The Morgan fingerprint density at radius 2 is 1.23 bits per heavy atom. The molecule has 4 amide bonds. The van der Waals surface area contributed by atoms with Gasteiger partial charge in [0, 0.05) is 29.0 Å². The van der Waals surface area contributed by atoms with Crippen LogP contribution in [0, 0.1) is 29.6 Å². The van der Waals surface area contributed by atoms with Gasteiger partial charge in [-0.05, 0) is 49.8 Å². The number of carbonyl (C=O) groups excluding carboxylic acids is 4. The summed E-state index contributed by atoms with van der Waals surface area (Å²) in [7, 11) is 0. The summed E-state index contributed by atoms with van der Waals surface area (Å²) in [5, 5.41) is 13.3. The van der Waals surface area contributed by atoms with Gasteiger partial charge in [-0.3, -0.25) is 29.0 Å². The molecular weight excluding hydrogens is 540 g/mol. The van der Waals surface area contributed by atoms with Gasteiger partial charge in [0.1, 0.15) is 5.75 Å². The van der Waals surface area contributed by atoms with Crippen LogP contribution in [0.25, 0.3) is 10.8 Å². The zero-order valence-corrected chi connectivity index (χ0v) is 24.6. The molecule has 0 aromatic heterocycles. The lowest BCUT2D eigenvalue weighted by molar-refractivity contribution is -0.145. The van der Waals surface area contributed by atoms with Crippen molar-refractivity contribution in [2.75, 3.05) is 0 Å². The number of fused-ring (bicyclic) bond motifs is 5. The van der Waals surface area contributed by atoms with Gasteiger partial charge in [-0.25, -0.2) is 0 Å². The topological polar surface area (TPSA) is 95.0 Å². The van der Waals surface area contributed by atoms with Gasteiger partial charge < -0.3 is 5.11 Å². The molecule has 0 spiro atoms. The molecule has 4 aliphatic carbocycles. The van der Waals surface area contributed by atoms with Crippen LogP contribution < -0.4 is 0 Å². The number of amides is 4. The van der Waals surface area contributed by atoms with Crippen molar-refractivity contribution in [3.05, 3.63) is 53.6 Å². The molecule has 8 rings (SSSR count). The monoisotopic (exact) mass is 580 g/mol. The minimum absolute atomic E-state index is 0.0315. The minimum atomic E-state index is -0.609. The van der Waals surface area contributed by atoms with E-state index in [4.69, 9.17) is 0 Å². The summed E-state index contributed by atoms with van der Waals surface area (Å²) < 4.78 is 0. The normalized spacial score (nSPS) is 33.5. The molecule has 2 aromatic carbocycles. The van der Waals surface area contributed by atoms with Crippen LogP contribution in [0.15, 0.2) is 48.0 Å². The maximum Gasteiger partial charge on any atom is 0.234 e. The molecule has 7 nitrogen and oxygen atoms in total. The van der Waals surface area contributed by atoms with E-state index >= 15 is 0 Å². The Bertz CT molecular complexity index is 1550. The molecule has 6 atom stereocenters. The van der Waals surface area contributed by atoms with Gasteiger partial charge in [-0.1, -0.05) is 86.6 Å². The molecule has 5 fully saturated rings. The van der Waals surface area contributed by atoms with Gasteiger partial charge in [0.15, 0.2) is 0 Å². The van der Waals surface area contributed by atoms with Gasteiger partial charge >= 0.3 is 0 Å². The summed E-state index contributed by atoms with van der Waals surface area (Å²) in [4.78, 5) is 59.7. The summed E-state index contributed by atoms with van der Waals surface area (Å²) in [6.07, 6.45) is 12.7. The van der Waals surface area contributed by atoms with E-state index in [2.05, 4.69) is 6.08 Å².